The molecule has 0 saturated heterocycles. The number of aromatic nitrogens is 4. The number of rotatable bonds is 7. The Kier molecular flexibility index (Phi) is 6.90. The maximum Gasteiger partial charge on any atom is 0.262 e. The minimum absolute atomic E-state index is 0.220. The number of H-pyrrole nitrogens is 1. The molecule has 34 heavy (non-hydrogen) atoms. The lowest BCUT2D eigenvalue weighted by molar-refractivity contribution is 0.0956. The Labute approximate surface area is 205 Å². The topological polar surface area (TPSA) is 102 Å². The van der Waals surface area contributed by atoms with E-state index in [1.54, 1.807) is 7.11 Å². The van der Waals surface area contributed by atoms with Crippen molar-refractivity contribution in [1.29, 1.82) is 0 Å². The van der Waals surface area contributed by atoms with Crippen molar-refractivity contribution in [2.24, 2.45) is 0 Å². The number of nitrogens with zero attached hydrogens (tertiary/aromatic N) is 3. The molecule has 0 aliphatic rings. The fourth-order valence-corrected chi connectivity index (χ4v) is 4.41. The van der Waals surface area contributed by atoms with E-state index < -0.39 is 0 Å². The molecule has 4 aromatic rings. The van der Waals surface area contributed by atoms with Crippen molar-refractivity contribution in [3.8, 4) is 11.4 Å². The van der Waals surface area contributed by atoms with E-state index in [0.29, 0.717) is 58.9 Å². The zero-order valence-electron chi connectivity index (χ0n) is 18.9. The number of benzene rings is 2. The van der Waals surface area contributed by atoms with Crippen molar-refractivity contribution in [3.63, 3.8) is 0 Å². The van der Waals surface area contributed by atoms with Crippen LogP contribution in [-0.2, 0) is 12.8 Å². The van der Waals surface area contributed by atoms with Crippen molar-refractivity contribution >= 4 is 40.1 Å². The number of hydrogen-bond donors (Lipinski definition) is 2. The summed E-state index contributed by atoms with van der Waals surface area (Å²) in [4.78, 5) is 32.9. The summed E-state index contributed by atoms with van der Waals surface area (Å²) in [6, 6.07) is 10.6. The largest absolute Gasteiger partial charge is 0.497 e. The SMILES string of the molecule is CCNC(=O)c1cc(Cl)c(-n2nc(CC)c3c(=O)[nH]c(Cc4cccc(OC)c4)nc32)c(Cl)c1. The number of ether oxygens (including phenoxy) is 1. The van der Waals surface area contributed by atoms with Crippen LogP contribution in [0.1, 0.15) is 41.3 Å². The zero-order chi connectivity index (χ0) is 24.4. The molecule has 0 radical (unpaired) electrons. The third-order valence-corrected chi connectivity index (χ3v) is 5.90. The Balaban J connectivity index is 1.87. The Morgan fingerprint density at radius 3 is 2.56 bits per heavy atom. The van der Waals surface area contributed by atoms with Gasteiger partial charge in [-0.2, -0.15) is 5.10 Å². The van der Waals surface area contributed by atoms with E-state index in [0.717, 1.165) is 5.56 Å². The Morgan fingerprint density at radius 2 is 1.91 bits per heavy atom. The van der Waals surface area contributed by atoms with Gasteiger partial charge in [-0.1, -0.05) is 42.3 Å². The number of methoxy groups -OCH3 is 1. The first-order valence-electron chi connectivity index (χ1n) is 10.8. The molecule has 0 aliphatic heterocycles. The number of aryl methyl sites for hydroxylation is 1. The van der Waals surface area contributed by atoms with Crippen LogP contribution in [0.4, 0.5) is 0 Å². The second-order valence-corrected chi connectivity index (χ2v) is 8.41. The van der Waals surface area contributed by atoms with Gasteiger partial charge in [0.1, 0.15) is 22.6 Å². The van der Waals surface area contributed by atoms with Gasteiger partial charge in [0.25, 0.3) is 11.5 Å². The average Bonchev–Trinajstić information content (AvgIpc) is 3.17. The molecule has 1 amide bonds. The lowest BCUT2D eigenvalue weighted by Gasteiger charge is -2.11. The number of halogens is 2. The Bertz CT molecular complexity index is 1420. The first kappa shape index (κ1) is 23.8. The van der Waals surface area contributed by atoms with Crippen LogP contribution in [0.15, 0.2) is 41.2 Å². The molecule has 2 aromatic heterocycles. The van der Waals surface area contributed by atoms with Crippen LogP contribution in [-0.4, -0.2) is 39.3 Å². The summed E-state index contributed by atoms with van der Waals surface area (Å²) in [6.07, 6.45) is 0.891. The molecule has 176 valence electrons. The normalized spacial score (nSPS) is 11.1. The molecule has 2 N–H and O–H groups in total. The molecule has 8 nitrogen and oxygen atoms in total. The van der Waals surface area contributed by atoms with Gasteiger partial charge < -0.3 is 15.0 Å². The molecule has 10 heteroatoms. The van der Waals surface area contributed by atoms with Gasteiger partial charge in [-0.3, -0.25) is 9.59 Å². The van der Waals surface area contributed by atoms with Gasteiger partial charge in [0.05, 0.1) is 22.8 Å². The third kappa shape index (κ3) is 4.51. The van der Waals surface area contributed by atoms with Gasteiger partial charge in [-0.25, -0.2) is 9.67 Å². The number of aromatic amines is 1. The van der Waals surface area contributed by atoms with Crippen molar-refractivity contribution in [2.75, 3.05) is 13.7 Å². The van der Waals surface area contributed by atoms with Crippen LogP contribution in [0.25, 0.3) is 16.7 Å². The van der Waals surface area contributed by atoms with E-state index in [4.69, 9.17) is 32.9 Å². The molecule has 0 bridgehead atoms. The van der Waals surface area contributed by atoms with Crippen LogP contribution >= 0.6 is 23.2 Å². The summed E-state index contributed by atoms with van der Waals surface area (Å²) < 4.78 is 6.76. The first-order chi connectivity index (χ1) is 16.4. The fourth-order valence-electron chi connectivity index (χ4n) is 3.76. The highest BCUT2D eigenvalue weighted by Gasteiger charge is 2.22. The van der Waals surface area contributed by atoms with E-state index >= 15 is 0 Å². The summed E-state index contributed by atoms with van der Waals surface area (Å²) in [7, 11) is 1.60. The van der Waals surface area contributed by atoms with Gasteiger partial charge in [0.15, 0.2) is 5.65 Å². The first-order valence-corrected chi connectivity index (χ1v) is 11.5. The number of hydrogen-bond acceptors (Lipinski definition) is 5. The second kappa shape index (κ2) is 9.87. The molecular formula is C24H23Cl2N5O3. The number of carbonyl (C=O) groups excluding carboxylic acids is 1. The molecule has 0 atom stereocenters. The van der Waals surface area contributed by atoms with Crippen LogP contribution < -0.4 is 15.6 Å². The van der Waals surface area contributed by atoms with Crippen LogP contribution in [0.5, 0.6) is 5.75 Å². The minimum atomic E-state index is -0.294. The highest BCUT2D eigenvalue weighted by atomic mass is 35.5. The maximum atomic E-state index is 13.0. The summed E-state index contributed by atoms with van der Waals surface area (Å²) in [5.41, 5.74) is 2.22. The van der Waals surface area contributed by atoms with Crippen molar-refractivity contribution in [3.05, 3.63) is 79.4 Å². The maximum absolute atomic E-state index is 13.0. The third-order valence-electron chi connectivity index (χ3n) is 5.33. The van der Waals surface area contributed by atoms with E-state index in [2.05, 4.69) is 15.4 Å². The van der Waals surface area contributed by atoms with Crippen LogP contribution in [0.2, 0.25) is 10.0 Å². The predicted octanol–water partition coefficient (Wildman–Crippen LogP) is 4.33. The van der Waals surface area contributed by atoms with Crippen LogP contribution in [0.3, 0.4) is 0 Å². The smallest absolute Gasteiger partial charge is 0.262 e. The highest BCUT2D eigenvalue weighted by molar-refractivity contribution is 6.38. The molecular weight excluding hydrogens is 477 g/mol. The van der Waals surface area contributed by atoms with Crippen LogP contribution in [0, 0.1) is 0 Å². The van der Waals surface area contributed by atoms with Gasteiger partial charge in [-0.15, -0.1) is 0 Å². The van der Waals surface area contributed by atoms with E-state index in [1.807, 2.05) is 38.1 Å². The fraction of sp³-hybridized carbons (Fsp3) is 0.250. The monoisotopic (exact) mass is 499 g/mol. The van der Waals surface area contributed by atoms with E-state index in [9.17, 15) is 9.59 Å². The Hall–Kier alpha value is -3.36. The summed E-state index contributed by atoms with van der Waals surface area (Å²) in [5, 5.41) is 8.12. The molecule has 0 spiro atoms. The second-order valence-electron chi connectivity index (χ2n) is 7.60. The molecule has 0 fully saturated rings. The van der Waals surface area contributed by atoms with Gasteiger partial charge >= 0.3 is 0 Å². The molecule has 0 aliphatic carbocycles. The Morgan fingerprint density at radius 1 is 1.18 bits per heavy atom. The van der Waals surface area contributed by atoms with Gasteiger partial charge in [0.2, 0.25) is 0 Å². The average molecular weight is 500 g/mol. The predicted molar refractivity (Wildman–Crippen MR) is 133 cm³/mol. The number of nitrogens with one attached hydrogen (secondary N) is 2. The standard InChI is InChI=1S/C24H23Cl2N5O3/c1-4-18-20-22(28-19(29-24(20)33)10-13-7-6-8-15(9-13)34-3)31(30-18)21-16(25)11-14(12-17(21)26)23(32)27-5-2/h6-9,11-12H,4-5,10H2,1-3H3,(H,27,32)(H,28,29,33). The van der Waals surface area contributed by atoms with Gasteiger partial charge in [-0.05, 0) is 43.2 Å². The van der Waals surface area contributed by atoms with Crippen molar-refractivity contribution < 1.29 is 9.53 Å². The summed E-state index contributed by atoms with van der Waals surface area (Å²) >= 11 is 13.1. The van der Waals surface area contributed by atoms with E-state index in [-0.39, 0.29) is 21.5 Å². The highest BCUT2D eigenvalue weighted by Crippen LogP contribution is 2.32. The number of carbonyl (C=O) groups is 1. The molecule has 0 saturated carbocycles. The van der Waals surface area contributed by atoms with E-state index in [1.165, 1.54) is 16.8 Å². The lowest BCUT2D eigenvalue weighted by Crippen LogP contribution is -2.22. The minimum Gasteiger partial charge on any atom is -0.497 e. The summed E-state index contributed by atoms with van der Waals surface area (Å²) in [6.45, 7) is 4.20. The number of fused-ring (bicyclic) bond motifs is 1. The molecule has 2 aromatic carbocycles. The van der Waals surface area contributed by atoms with Crippen molar-refractivity contribution in [1.82, 2.24) is 25.1 Å². The quantitative estimate of drug-likeness (QED) is 0.394. The molecule has 2 heterocycles. The summed E-state index contributed by atoms with van der Waals surface area (Å²) in [5.74, 6) is 0.887. The van der Waals surface area contributed by atoms with Gasteiger partial charge in [0, 0.05) is 18.5 Å². The molecule has 0 unspecified atom stereocenters. The van der Waals surface area contributed by atoms with Crippen molar-refractivity contribution in [2.45, 2.75) is 26.7 Å². The zero-order valence-corrected chi connectivity index (χ0v) is 20.4. The number of amides is 1. The molecule has 4 rings (SSSR count). The lowest BCUT2D eigenvalue weighted by atomic mass is 10.1.